The molecule has 0 heterocycles. The molecule has 152 valence electrons. The van der Waals surface area contributed by atoms with E-state index in [0.717, 1.165) is 17.7 Å². The first-order valence-corrected chi connectivity index (χ1v) is 9.63. The normalized spacial score (nSPS) is 11.7. The van der Waals surface area contributed by atoms with Gasteiger partial charge in [-0.15, -0.1) is 0 Å². The predicted octanol–water partition coefficient (Wildman–Crippen LogP) is 4.94. The average molecular weight is 401 g/mol. The maximum atomic E-state index is 12.5. The average Bonchev–Trinajstić information content (AvgIpc) is 3.14. The first-order valence-electron chi connectivity index (χ1n) is 9.63. The Balaban J connectivity index is 1.49. The van der Waals surface area contributed by atoms with Crippen LogP contribution in [0.2, 0.25) is 0 Å². The molecule has 1 N–H and O–H groups in total. The highest BCUT2D eigenvalue weighted by Crippen LogP contribution is 2.39. The number of anilines is 1. The molecule has 0 aliphatic heterocycles. The molecule has 0 aromatic heterocycles. The number of nitrogens with one attached hydrogen (secondary N) is 1. The van der Waals surface area contributed by atoms with E-state index < -0.39 is 0 Å². The quantitative estimate of drug-likeness (QED) is 0.465. The summed E-state index contributed by atoms with van der Waals surface area (Å²) >= 11 is 0. The molecule has 1 aliphatic carbocycles. The van der Waals surface area contributed by atoms with Crippen LogP contribution in [0.15, 0.2) is 60.7 Å². The van der Waals surface area contributed by atoms with Crippen LogP contribution in [0.5, 0.6) is 17.2 Å². The summed E-state index contributed by atoms with van der Waals surface area (Å²) in [5, 5.41) is 2.94. The van der Waals surface area contributed by atoms with Crippen LogP contribution in [-0.4, -0.2) is 27.2 Å². The van der Waals surface area contributed by atoms with Gasteiger partial charge >= 0.3 is 0 Å². The van der Waals surface area contributed by atoms with E-state index in [0.29, 0.717) is 17.2 Å². The fraction of sp³-hybridized carbons (Fsp3) is 0.160. The summed E-state index contributed by atoms with van der Waals surface area (Å²) in [4.78, 5) is 12.5. The van der Waals surface area contributed by atoms with Crippen molar-refractivity contribution in [3.05, 3.63) is 77.4 Å². The molecule has 0 bridgehead atoms. The molecule has 0 atom stereocenters. The number of benzene rings is 3. The van der Waals surface area contributed by atoms with Gasteiger partial charge in [0.05, 0.1) is 21.3 Å². The van der Waals surface area contributed by atoms with Crippen molar-refractivity contribution in [2.45, 2.75) is 6.42 Å². The molecule has 0 fully saturated rings. The molecule has 5 nitrogen and oxygen atoms in total. The second-order valence-electron chi connectivity index (χ2n) is 6.99. The molecule has 0 saturated heterocycles. The second kappa shape index (κ2) is 8.33. The maximum Gasteiger partial charge on any atom is 0.248 e. The van der Waals surface area contributed by atoms with Crippen molar-refractivity contribution < 1.29 is 19.0 Å². The molecule has 0 radical (unpaired) electrons. The minimum atomic E-state index is -0.209. The van der Waals surface area contributed by atoms with Gasteiger partial charge in [0.1, 0.15) is 0 Å². The van der Waals surface area contributed by atoms with E-state index in [1.165, 1.54) is 28.3 Å². The highest BCUT2D eigenvalue weighted by molar-refractivity contribution is 6.02. The van der Waals surface area contributed by atoms with Crippen molar-refractivity contribution in [3.63, 3.8) is 0 Å². The third-order valence-electron chi connectivity index (χ3n) is 5.18. The minimum Gasteiger partial charge on any atom is -0.493 e. The first kappa shape index (κ1) is 19.6. The smallest absolute Gasteiger partial charge is 0.248 e. The Labute approximate surface area is 175 Å². The number of amides is 1. The lowest BCUT2D eigenvalue weighted by Crippen LogP contribution is -2.08. The highest BCUT2D eigenvalue weighted by atomic mass is 16.5. The van der Waals surface area contributed by atoms with Gasteiger partial charge in [-0.3, -0.25) is 4.79 Å². The summed E-state index contributed by atoms with van der Waals surface area (Å²) in [6, 6.07) is 18.0. The van der Waals surface area contributed by atoms with Gasteiger partial charge in [0.15, 0.2) is 11.5 Å². The fourth-order valence-corrected chi connectivity index (χ4v) is 3.78. The topological polar surface area (TPSA) is 56.8 Å². The molecule has 0 spiro atoms. The molecule has 5 heteroatoms. The van der Waals surface area contributed by atoms with Gasteiger partial charge in [0.25, 0.3) is 0 Å². The van der Waals surface area contributed by atoms with Gasteiger partial charge in [-0.2, -0.15) is 0 Å². The number of rotatable bonds is 6. The Morgan fingerprint density at radius 2 is 1.57 bits per heavy atom. The molecule has 3 aromatic rings. The molecule has 0 saturated carbocycles. The Hall–Kier alpha value is -3.73. The van der Waals surface area contributed by atoms with Gasteiger partial charge in [0.2, 0.25) is 11.7 Å². The zero-order valence-corrected chi connectivity index (χ0v) is 17.2. The van der Waals surface area contributed by atoms with E-state index in [1.54, 1.807) is 39.5 Å². The standard InChI is InChI=1S/C25H23NO4/c1-28-22-12-16(13-23(29-2)25(22)30-3)8-11-24(27)26-19-9-10-21-18(15-19)14-17-6-4-5-7-20(17)21/h4-13,15H,14H2,1-3H3,(H,26,27)/b11-8+. The number of carbonyl (C=O) groups excluding carboxylic acids is 1. The Kier molecular flexibility index (Phi) is 5.44. The molecule has 30 heavy (non-hydrogen) atoms. The van der Waals surface area contributed by atoms with Crippen molar-refractivity contribution in [2.24, 2.45) is 0 Å². The van der Waals surface area contributed by atoms with Gasteiger partial charge in [-0.25, -0.2) is 0 Å². The molecule has 1 amide bonds. The van der Waals surface area contributed by atoms with E-state index in [2.05, 4.69) is 35.6 Å². The zero-order valence-electron chi connectivity index (χ0n) is 17.2. The molecule has 1 aliphatic rings. The lowest BCUT2D eigenvalue weighted by atomic mass is 10.1. The van der Waals surface area contributed by atoms with Gasteiger partial charge < -0.3 is 19.5 Å². The van der Waals surface area contributed by atoms with Crippen LogP contribution >= 0.6 is 0 Å². The van der Waals surface area contributed by atoms with E-state index in [4.69, 9.17) is 14.2 Å². The number of ether oxygens (including phenoxy) is 3. The van der Waals surface area contributed by atoms with Crippen LogP contribution in [0.3, 0.4) is 0 Å². The van der Waals surface area contributed by atoms with E-state index in [9.17, 15) is 4.79 Å². The number of hydrogen-bond donors (Lipinski definition) is 1. The summed E-state index contributed by atoms with van der Waals surface area (Å²) < 4.78 is 16.0. The Morgan fingerprint density at radius 3 is 2.27 bits per heavy atom. The van der Waals surface area contributed by atoms with Crippen LogP contribution in [0, 0.1) is 0 Å². The van der Waals surface area contributed by atoms with Crippen molar-refractivity contribution in [3.8, 4) is 28.4 Å². The number of carbonyl (C=O) groups is 1. The molecular formula is C25H23NO4. The summed E-state index contributed by atoms with van der Waals surface area (Å²) in [7, 11) is 4.67. The molecule has 4 rings (SSSR count). The van der Waals surface area contributed by atoms with Crippen LogP contribution in [0.4, 0.5) is 5.69 Å². The van der Waals surface area contributed by atoms with E-state index in [1.807, 2.05) is 12.1 Å². The number of methoxy groups -OCH3 is 3. The van der Waals surface area contributed by atoms with Crippen molar-refractivity contribution in [1.29, 1.82) is 0 Å². The minimum absolute atomic E-state index is 0.209. The molecular weight excluding hydrogens is 378 g/mol. The second-order valence-corrected chi connectivity index (χ2v) is 6.99. The summed E-state index contributed by atoms with van der Waals surface area (Å²) in [6.45, 7) is 0. The highest BCUT2D eigenvalue weighted by Gasteiger charge is 2.18. The zero-order chi connectivity index (χ0) is 21.1. The van der Waals surface area contributed by atoms with E-state index in [-0.39, 0.29) is 5.91 Å². The largest absolute Gasteiger partial charge is 0.493 e. The fourth-order valence-electron chi connectivity index (χ4n) is 3.78. The monoisotopic (exact) mass is 401 g/mol. The van der Waals surface area contributed by atoms with Gasteiger partial charge in [-0.05, 0) is 64.6 Å². The lowest BCUT2D eigenvalue weighted by molar-refractivity contribution is -0.111. The van der Waals surface area contributed by atoms with Gasteiger partial charge in [-0.1, -0.05) is 30.3 Å². The summed E-state index contributed by atoms with van der Waals surface area (Å²) in [5.74, 6) is 1.38. The molecule has 0 unspecified atom stereocenters. The first-order chi connectivity index (χ1) is 14.6. The van der Waals surface area contributed by atoms with Gasteiger partial charge in [0, 0.05) is 11.8 Å². The van der Waals surface area contributed by atoms with Crippen LogP contribution in [0.25, 0.3) is 17.2 Å². The summed E-state index contributed by atoms with van der Waals surface area (Å²) in [5.41, 5.74) is 6.59. The van der Waals surface area contributed by atoms with Crippen LogP contribution < -0.4 is 19.5 Å². The van der Waals surface area contributed by atoms with E-state index >= 15 is 0 Å². The summed E-state index contributed by atoms with van der Waals surface area (Å²) in [6.07, 6.45) is 4.09. The third kappa shape index (κ3) is 3.74. The van der Waals surface area contributed by atoms with Crippen molar-refractivity contribution >= 4 is 17.7 Å². The van der Waals surface area contributed by atoms with Crippen LogP contribution in [0.1, 0.15) is 16.7 Å². The third-order valence-corrected chi connectivity index (χ3v) is 5.18. The maximum absolute atomic E-state index is 12.5. The van der Waals surface area contributed by atoms with Crippen molar-refractivity contribution in [2.75, 3.05) is 26.6 Å². The van der Waals surface area contributed by atoms with Crippen LogP contribution in [-0.2, 0) is 11.2 Å². The Morgan fingerprint density at radius 1 is 0.867 bits per heavy atom. The lowest BCUT2D eigenvalue weighted by Gasteiger charge is -2.12. The number of hydrogen-bond acceptors (Lipinski definition) is 4. The Bertz CT molecular complexity index is 1110. The van der Waals surface area contributed by atoms with Crippen molar-refractivity contribution in [1.82, 2.24) is 0 Å². The predicted molar refractivity (Wildman–Crippen MR) is 118 cm³/mol. The number of fused-ring (bicyclic) bond motifs is 3. The SMILES string of the molecule is COc1cc(/C=C/C(=O)Nc2ccc3c(c2)Cc2ccccc2-3)cc(OC)c1OC. The molecule has 3 aromatic carbocycles.